The van der Waals surface area contributed by atoms with Crippen LogP contribution in [0.1, 0.15) is 16.8 Å². The van der Waals surface area contributed by atoms with Crippen LogP contribution in [0.3, 0.4) is 0 Å². The Kier molecular flexibility index (Phi) is 5.22. The first kappa shape index (κ1) is 14.3. The quantitative estimate of drug-likeness (QED) is 0.831. The second-order valence-electron chi connectivity index (χ2n) is 4.52. The third kappa shape index (κ3) is 3.70. The second kappa shape index (κ2) is 6.91. The molecule has 104 valence electrons. The zero-order valence-corrected chi connectivity index (χ0v) is 11.8. The number of amides is 1. The van der Waals surface area contributed by atoms with Crippen molar-refractivity contribution >= 4 is 17.7 Å². The van der Waals surface area contributed by atoms with E-state index in [1.807, 2.05) is 16.7 Å². The summed E-state index contributed by atoms with van der Waals surface area (Å²) in [5.74, 6) is 1.70. The van der Waals surface area contributed by atoms with Crippen molar-refractivity contribution in [1.29, 1.82) is 0 Å². The first-order chi connectivity index (χ1) is 9.22. The molecule has 2 rings (SSSR count). The highest BCUT2D eigenvalue weighted by atomic mass is 32.2. The van der Waals surface area contributed by atoms with Gasteiger partial charge in [-0.15, -0.1) is 0 Å². The number of thioether (sulfide) groups is 1. The summed E-state index contributed by atoms with van der Waals surface area (Å²) in [5, 5.41) is 0. The lowest BCUT2D eigenvalue weighted by Crippen LogP contribution is -2.42. The molecule has 0 bridgehead atoms. The van der Waals surface area contributed by atoms with Crippen molar-refractivity contribution in [2.45, 2.75) is 12.5 Å². The SMILES string of the molecule is COCCN(C(=O)c1ccc(F)cc1)C1CCSC1. The Labute approximate surface area is 117 Å². The molecule has 3 nitrogen and oxygen atoms in total. The van der Waals surface area contributed by atoms with Gasteiger partial charge in [0.15, 0.2) is 0 Å². The first-order valence-electron chi connectivity index (χ1n) is 6.35. The molecule has 1 fully saturated rings. The molecule has 0 aromatic heterocycles. The number of rotatable bonds is 5. The molecule has 1 saturated heterocycles. The summed E-state index contributed by atoms with van der Waals surface area (Å²) in [6.07, 6.45) is 1.02. The van der Waals surface area contributed by atoms with Crippen LogP contribution in [0.4, 0.5) is 4.39 Å². The molecule has 1 unspecified atom stereocenters. The van der Waals surface area contributed by atoms with Crippen LogP contribution in [0.5, 0.6) is 0 Å². The molecule has 1 amide bonds. The van der Waals surface area contributed by atoms with Gasteiger partial charge >= 0.3 is 0 Å². The second-order valence-corrected chi connectivity index (χ2v) is 5.67. The van der Waals surface area contributed by atoms with E-state index in [2.05, 4.69) is 0 Å². The van der Waals surface area contributed by atoms with Gasteiger partial charge < -0.3 is 9.64 Å². The Bertz CT molecular complexity index is 418. The summed E-state index contributed by atoms with van der Waals surface area (Å²) in [5.41, 5.74) is 0.536. The topological polar surface area (TPSA) is 29.5 Å². The van der Waals surface area contributed by atoms with Gasteiger partial charge in [-0.2, -0.15) is 11.8 Å². The third-order valence-electron chi connectivity index (χ3n) is 3.23. The minimum Gasteiger partial charge on any atom is -0.383 e. The van der Waals surface area contributed by atoms with Crippen LogP contribution < -0.4 is 0 Å². The normalized spacial score (nSPS) is 18.5. The van der Waals surface area contributed by atoms with Crippen molar-refractivity contribution in [3.05, 3.63) is 35.6 Å². The number of carbonyl (C=O) groups is 1. The van der Waals surface area contributed by atoms with Crippen molar-refractivity contribution in [2.24, 2.45) is 0 Å². The molecular weight excluding hydrogens is 265 g/mol. The van der Waals surface area contributed by atoms with E-state index in [1.54, 1.807) is 19.2 Å². The van der Waals surface area contributed by atoms with Crippen molar-refractivity contribution in [2.75, 3.05) is 31.8 Å². The lowest BCUT2D eigenvalue weighted by molar-refractivity contribution is 0.0624. The molecule has 0 radical (unpaired) electrons. The van der Waals surface area contributed by atoms with Crippen LogP contribution in [-0.4, -0.2) is 48.6 Å². The lowest BCUT2D eigenvalue weighted by atomic mass is 10.1. The van der Waals surface area contributed by atoms with Crippen molar-refractivity contribution in [3.8, 4) is 0 Å². The maximum Gasteiger partial charge on any atom is 0.254 e. The zero-order chi connectivity index (χ0) is 13.7. The fourth-order valence-electron chi connectivity index (χ4n) is 2.17. The maximum atomic E-state index is 12.9. The van der Waals surface area contributed by atoms with Crippen LogP contribution in [0.2, 0.25) is 0 Å². The molecule has 19 heavy (non-hydrogen) atoms. The van der Waals surface area contributed by atoms with Gasteiger partial charge in [0.25, 0.3) is 5.91 Å². The number of methoxy groups -OCH3 is 1. The van der Waals surface area contributed by atoms with Gasteiger partial charge in [-0.3, -0.25) is 4.79 Å². The summed E-state index contributed by atoms with van der Waals surface area (Å²) in [6, 6.07) is 5.99. The molecule has 5 heteroatoms. The van der Waals surface area contributed by atoms with E-state index >= 15 is 0 Å². The van der Waals surface area contributed by atoms with E-state index in [1.165, 1.54) is 12.1 Å². The van der Waals surface area contributed by atoms with Crippen LogP contribution in [0.15, 0.2) is 24.3 Å². The monoisotopic (exact) mass is 283 g/mol. The van der Waals surface area contributed by atoms with Crippen LogP contribution in [-0.2, 0) is 4.74 Å². The summed E-state index contributed by atoms with van der Waals surface area (Å²) in [4.78, 5) is 14.3. The summed E-state index contributed by atoms with van der Waals surface area (Å²) in [7, 11) is 1.63. The van der Waals surface area contributed by atoms with E-state index in [-0.39, 0.29) is 17.8 Å². The number of benzene rings is 1. The molecule has 0 aliphatic carbocycles. The highest BCUT2D eigenvalue weighted by molar-refractivity contribution is 7.99. The first-order valence-corrected chi connectivity index (χ1v) is 7.51. The molecular formula is C14H18FNO2S. The molecule has 1 aliphatic rings. The zero-order valence-electron chi connectivity index (χ0n) is 11.0. The molecule has 1 heterocycles. The Morgan fingerprint density at radius 3 is 2.79 bits per heavy atom. The van der Waals surface area contributed by atoms with Gasteiger partial charge in [0, 0.05) is 31.0 Å². The standard InChI is InChI=1S/C14H18FNO2S/c1-18-8-7-16(13-6-9-19-10-13)14(17)11-2-4-12(15)5-3-11/h2-5,13H,6-10H2,1H3. The van der Waals surface area contributed by atoms with Crippen molar-refractivity contribution < 1.29 is 13.9 Å². The predicted octanol–water partition coefficient (Wildman–Crippen LogP) is 2.42. The average molecular weight is 283 g/mol. The minimum absolute atomic E-state index is 0.0375. The van der Waals surface area contributed by atoms with Gasteiger partial charge in [-0.05, 0) is 36.4 Å². The van der Waals surface area contributed by atoms with Crippen LogP contribution in [0.25, 0.3) is 0 Å². The maximum absolute atomic E-state index is 12.9. The number of nitrogens with zero attached hydrogens (tertiary/aromatic N) is 1. The van der Waals surface area contributed by atoms with Gasteiger partial charge in [-0.25, -0.2) is 4.39 Å². The highest BCUT2D eigenvalue weighted by Crippen LogP contribution is 2.23. The van der Waals surface area contributed by atoms with Gasteiger partial charge in [0.1, 0.15) is 5.82 Å². The number of hydrogen-bond donors (Lipinski definition) is 0. The molecule has 1 aliphatic heterocycles. The Morgan fingerprint density at radius 1 is 1.47 bits per heavy atom. The Morgan fingerprint density at radius 2 is 2.21 bits per heavy atom. The van der Waals surface area contributed by atoms with E-state index in [4.69, 9.17) is 4.74 Å². The summed E-state index contributed by atoms with van der Waals surface area (Å²) in [6.45, 7) is 1.10. The Balaban J connectivity index is 2.11. The van der Waals surface area contributed by atoms with E-state index in [9.17, 15) is 9.18 Å². The lowest BCUT2D eigenvalue weighted by Gasteiger charge is -2.28. The van der Waals surface area contributed by atoms with Gasteiger partial charge in [0.2, 0.25) is 0 Å². The molecule has 1 aromatic rings. The summed E-state index contributed by atoms with van der Waals surface area (Å²) >= 11 is 1.86. The van der Waals surface area contributed by atoms with Crippen molar-refractivity contribution in [3.63, 3.8) is 0 Å². The minimum atomic E-state index is -0.323. The van der Waals surface area contributed by atoms with E-state index < -0.39 is 0 Å². The smallest absolute Gasteiger partial charge is 0.254 e. The summed E-state index contributed by atoms with van der Waals surface area (Å²) < 4.78 is 18.0. The third-order valence-corrected chi connectivity index (χ3v) is 4.38. The predicted molar refractivity (Wildman–Crippen MR) is 75.0 cm³/mol. The van der Waals surface area contributed by atoms with Gasteiger partial charge in [0.05, 0.1) is 6.61 Å². The molecule has 1 aromatic carbocycles. The number of hydrogen-bond acceptors (Lipinski definition) is 3. The van der Waals surface area contributed by atoms with Crippen LogP contribution in [0, 0.1) is 5.82 Å². The fraction of sp³-hybridized carbons (Fsp3) is 0.500. The van der Waals surface area contributed by atoms with Crippen molar-refractivity contribution in [1.82, 2.24) is 4.90 Å². The van der Waals surface area contributed by atoms with Gasteiger partial charge in [-0.1, -0.05) is 0 Å². The molecule has 1 atom stereocenters. The van der Waals surface area contributed by atoms with E-state index in [0.29, 0.717) is 18.7 Å². The average Bonchev–Trinajstić information content (AvgIpc) is 2.94. The van der Waals surface area contributed by atoms with Crippen LogP contribution >= 0.6 is 11.8 Å². The Hall–Kier alpha value is -1.07. The highest BCUT2D eigenvalue weighted by Gasteiger charge is 2.27. The molecule has 0 spiro atoms. The number of halogens is 1. The number of carbonyl (C=O) groups excluding carboxylic acids is 1. The molecule has 0 N–H and O–H groups in total. The van der Waals surface area contributed by atoms with E-state index in [0.717, 1.165) is 17.9 Å². The molecule has 0 saturated carbocycles. The number of ether oxygens (including phenoxy) is 1. The largest absolute Gasteiger partial charge is 0.383 e. The fourth-order valence-corrected chi connectivity index (χ4v) is 3.39.